The van der Waals surface area contributed by atoms with Crippen LogP contribution in [0, 0.1) is 6.92 Å². The first kappa shape index (κ1) is 21.4. The van der Waals surface area contributed by atoms with Crippen LogP contribution in [0.25, 0.3) is 10.9 Å². The Kier molecular flexibility index (Phi) is 7.31. The van der Waals surface area contributed by atoms with E-state index in [0.29, 0.717) is 5.69 Å². The minimum atomic E-state index is -0.0236. The molecule has 1 heterocycles. The number of hydrogen-bond acceptors (Lipinski definition) is 5. The van der Waals surface area contributed by atoms with Crippen LogP contribution in [0.15, 0.2) is 24.3 Å². The topological polar surface area (TPSA) is 86.5 Å². The maximum absolute atomic E-state index is 12.1. The summed E-state index contributed by atoms with van der Waals surface area (Å²) in [7, 11) is 0. The quantitative estimate of drug-likeness (QED) is 0.697. The monoisotopic (exact) mass is 399 g/mol. The molecule has 0 spiro atoms. The molecule has 29 heavy (non-hydrogen) atoms. The van der Waals surface area contributed by atoms with Crippen molar-refractivity contribution in [3.8, 4) is 5.75 Å². The number of benzene rings is 1. The van der Waals surface area contributed by atoms with Gasteiger partial charge in [0.25, 0.3) is 0 Å². The number of nitrogen functional groups attached to an aromatic ring is 1. The molecule has 1 amide bonds. The van der Waals surface area contributed by atoms with E-state index in [1.54, 1.807) is 0 Å². The highest BCUT2D eigenvalue weighted by Gasteiger charge is 2.24. The van der Waals surface area contributed by atoms with Gasteiger partial charge in [-0.05, 0) is 63.6 Å². The van der Waals surface area contributed by atoms with Gasteiger partial charge in [-0.25, -0.2) is 0 Å². The van der Waals surface area contributed by atoms with E-state index in [9.17, 15) is 4.79 Å². The molecule has 0 aliphatic heterocycles. The molecular weight excluding hydrogens is 366 g/mol. The summed E-state index contributed by atoms with van der Waals surface area (Å²) in [4.78, 5) is 16.7. The third-order valence-corrected chi connectivity index (χ3v) is 5.65. The number of aromatic nitrogens is 1. The fourth-order valence-corrected chi connectivity index (χ4v) is 4.01. The molecular formula is C23H33N3O3. The van der Waals surface area contributed by atoms with Crippen LogP contribution in [0.5, 0.6) is 5.75 Å². The Bertz CT molecular complexity index is 827. The molecule has 6 nitrogen and oxygen atoms in total. The van der Waals surface area contributed by atoms with Crippen LogP contribution in [0.2, 0.25) is 0 Å². The SMILES string of the molecule is CCC(CC)OCC(=O)N[C@H]1CC[C@H](Oc2cccc3nc(C)cc(N)c23)CC1. The number of ether oxygens (including phenoxy) is 2. The number of hydrogen-bond donors (Lipinski definition) is 2. The van der Waals surface area contributed by atoms with E-state index < -0.39 is 0 Å². The van der Waals surface area contributed by atoms with Crippen molar-refractivity contribution in [2.24, 2.45) is 0 Å². The second-order valence-electron chi connectivity index (χ2n) is 7.91. The van der Waals surface area contributed by atoms with Gasteiger partial charge in [0.1, 0.15) is 12.4 Å². The van der Waals surface area contributed by atoms with Crippen LogP contribution >= 0.6 is 0 Å². The summed E-state index contributed by atoms with van der Waals surface area (Å²) in [5, 5.41) is 3.98. The Labute approximate surface area is 173 Å². The lowest BCUT2D eigenvalue weighted by Gasteiger charge is -2.30. The number of amides is 1. The Morgan fingerprint density at radius 1 is 1.24 bits per heavy atom. The van der Waals surface area contributed by atoms with Gasteiger partial charge in [-0.2, -0.15) is 0 Å². The lowest BCUT2D eigenvalue weighted by molar-refractivity contribution is -0.128. The van der Waals surface area contributed by atoms with Gasteiger partial charge in [-0.1, -0.05) is 19.9 Å². The summed E-state index contributed by atoms with van der Waals surface area (Å²) >= 11 is 0. The Hall–Kier alpha value is -2.34. The highest BCUT2D eigenvalue weighted by atomic mass is 16.5. The fraction of sp³-hybridized carbons (Fsp3) is 0.565. The molecule has 3 N–H and O–H groups in total. The van der Waals surface area contributed by atoms with E-state index >= 15 is 0 Å². The third kappa shape index (κ3) is 5.60. The molecule has 3 rings (SSSR count). The van der Waals surface area contributed by atoms with Gasteiger partial charge in [0.15, 0.2) is 0 Å². The predicted molar refractivity (Wildman–Crippen MR) is 116 cm³/mol. The maximum atomic E-state index is 12.1. The fourth-order valence-electron chi connectivity index (χ4n) is 4.01. The number of aryl methyl sites for hydroxylation is 1. The highest BCUT2D eigenvalue weighted by molar-refractivity contribution is 5.95. The molecule has 158 valence electrons. The molecule has 6 heteroatoms. The van der Waals surface area contributed by atoms with Crippen molar-refractivity contribution in [3.63, 3.8) is 0 Å². The maximum Gasteiger partial charge on any atom is 0.246 e. The first-order chi connectivity index (χ1) is 14.0. The number of nitrogens with two attached hydrogens (primary N) is 1. The van der Waals surface area contributed by atoms with Crippen molar-refractivity contribution < 1.29 is 14.3 Å². The summed E-state index contributed by atoms with van der Waals surface area (Å²) in [5.74, 6) is 0.767. The van der Waals surface area contributed by atoms with Gasteiger partial charge < -0.3 is 20.5 Å². The third-order valence-electron chi connectivity index (χ3n) is 5.65. The van der Waals surface area contributed by atoms with Crippen LogP contribution in [0.3, 0.4) is 0 Å². The van der Waals surface area contributed by atoms with Gasteiger partial charge in [0.2, 0.25) is 5.91 Å². The zero-order valence-electron chi connectivity index (χ0n) is 17.7. The smallest absolute Gasteiger partial charge is 0.246 e. The minimum absolute atomic E-state index is 0.0236. The van der Waals surface area contributed by atoms with E-state index in [0.717, 1.165) is 60.9 Å². The standard InChI is InChI=1S/C23H33N3O3/c1-4-17(5-2)28-14-22(27)26-16-9-11-18(12-10-16)29-21-8-6-7-20-23(21)19(24)13-15(3)25-20/h6-8,13,16-18H,4-5,9-12,14H2,1-3H3,(H2,24,25)(H,26,27)/t16-,18-. The van der Waals surface area contributed by atoms with Gasteiger partial charge in [-0.15, -0.1) is 0 Å². The van der Waals surface area contributed by atoms with Gasteiger partial charge >= 0.3 is 0 Å². The normalized spacial score (nSPS) is 19.4. The molecule has 1 aliphatic rings. The van der Waals surface area contributed by atoms with Crippen LogP contribution in [-0.2, 0) is 9.53 Å². The number of carbonyl (C=O) groups is 1. The van der Waals surface area contributed by atoms with Crippen molar-refractivity contribution in [2.45, 2.75) is 77.5 Å². The number of anilines is 1. The van der Waals surface area contributed by atoms with E-state index in [4.69, 9.17) is 15.2 Å². The first-order valence-corrected chi connectivity index (χ1v) is 10.7. The van der Waals surface area contributed by atoms with Crippen molar-refractivity contribution >= 4 is 22.5 Å². The Balaban J connectivity index is 1.52. The van der Waals surface area contributed by atoms with E-state index in [1.807, 2.05) is 31.2 Å². The average molecular weight is 400 g/mol. The Morgan fingerprint density at radius 2 is 1.97 bits per heavy atom. The van der Waals surface area contributed by atoms with Crippen LogP contribution in [0.4, 0.5) is 5.69 Å². The van der Waals surface area contributed by atoms with Crippen LogP contribution < -0.4 is 15.8 Å². The number of rotatable bonds is 8. The number of carbonyl (C=O) groups excluding carboxylic acids is 1. The summed E-state index contributed by atoms with van der Waals surface area (Å²) in [6, 6.07) is 7.94. The summed E-state index contributed by atoms with van der Waals surface area (Å²) in [6.45, 7) is 6.24. The van der Waals surface area contributed by atoms with Crippen molar-refractivity contribution in [1.82, 2.24) is 10.3 Å². The Morgan fingerprint density at radius 3 is 2.66 bits per heavy atom. The molecule has 2 aromatic rings. The lowest BCUT2D eigenvalue weighted by atomic mass is 9.93. The molecule has 0 atom stereocenters. The number of fused-ring (bicyclic) bond motifs is 1. The lowest BCUT2D eigenvalue weighted by Crippen LogP contribution is -2.41. The minimum Gasteiger partial charge on any atom is -0.490 e. The first-order valence-electron chi connectivity index (χ1n) is 10.7. The van der Waals surface area contributed by atoms with Gasteiger partial charge in [-0.3, -0.25) is 9.78 Å². The number of nitrogens with one attached hydrogen (secondary N) is 1. The van der Waals surface area contributed by atoms with Gasteiger partial charge in [0, 0.05) is 17.4 Å². The van der Waals surface area contributed by atoms with E-state index in [2.05, 4.69) is 24.1 Å². The average Bonchev–Trinajstić information content (AvgIpc) is 2.70. The molecule has 0 radical (unpaired) electrons. The summed E-state index contributed by atoms with van der Waals surface area (Å²) in [5.41, 5.74) is 8.69. The molecule has 0 saturated heterocycles. The summed E-state index contributed by atoms with van der Waals surface area (Å²) < 4.78 is 11.9. The van der Waals surface area contributed by atoms with Crippen LogP contribution in [-0.4, -0.2) is 35.7 Å². The zero-order chi connectivity index (χ0) is 20.8. The zero-order valence-corrected chi connectivity index (χ0v) is 17.7. The van der Waals surface area contributed by atoms with Crippen molar-refractivity contribution in [1.29, 1.82) is 0 Å². The van der Waals surface area contributed by atoms with Crippen molar-refractivity contribution in [2.75, 3.05) is 12.3 Å². The van der Waals surface area contributed by atoms with Crippen molar-refractivity contribution in [3.05, 3.63) is 30.0 Å². The largest absolute Gasteiger partial charge is 0.490 e. The van der Waals surface area contributed by atoms with Gasteiger partial charge in [0.05, 0.1) is 23.1 Å². The van der Waals surface area contributed by atoms with E-state index in [-0.39, 0.29) is 30.8 Å². The second-order valence-corrected chi connectivity index (χ2v) is 7.91. The molecule has 0 unspecified atom stereocenters. The second kappa shape index (κ2) is 9.92. The highest BCUT2D eigenvalue weighted by Crippen LogP contribution is 2.33. The molecule has 1 aliphatic carbocycles. The summed E-state index contributed by atoms with van der Waals surface area (Å²) in [6.07, 6.45) is 5.74. The molecule has 1 saturated carbocycles. The van der Waals surface area contributed by atoms with E-state index in [1.165, 1.54) is 0 Å². The molecule has 1 aromatic heterocycles. The van der Waals surface area contributed by atoms with Crippen LogP contribution in [0.1, 0.15) is 58.1 Å². The molecule has 0 bridgehead atoms. The number of pyridine rings is 1. The molecule has 1 fully saturated rings. The molecule has 1 aromatic carbocycles. The predicted octanol–water partition coefficient (Wildman–Crippen LogP) is 4.14. The number of nitrogens with zero attached hydrogens (tertiary/aromatic N) is 1.